The highest BCUT2D eigenvalue weighted by Crippen LogP contribution is 2.22. The van der Waals surface area contributed by atoms with Crippen LogP contribution in [0.2, 0.25) is 0 Å². The van der Waals surface area contributed by atoms with Gasteiger partial charge < -0.3 is 19.0 Å². The number of aromatic nitrogens is 2. The second kappa shape index (κ2) is 8.11. The van der Waals surface area contributed by atoms with Crippen molar-refractivity contribution in [3.8, 4) is 10.7 Å². The molecule has 146 valence electrons. The highest BCUT2D eigenvalue weighted by molar-refractivity contribution is 7.13. The number of ether oxygens (including phenoxy) is 1. The first-order valence-electron chi connectivity index (χ1n) is 8.59. The van der Waals surface area contributed by atoms with E-state index in [0.29, 0.717) is 11.5 Å². The van der Waals surface area contributed by atoms with Gasteiger partial charge in [-0.1, -0.05) is 17.3 Å². The minimum absolute atomic E-state index is 0.154. The van der Waals surface area contributed by atoms with E-state index in [1.54, 1.807) is 30.3 Å². The van der Waals surface area contributed by atoms with Crippen LogP contribution in [0.1, 0.15) is 32.4 Å². The Morgan fingerprint density at radius 2 is 2.10 bits per heavy atom. The van der Waals surface area contributed by atoms with Crippen LogP contribution in [-0.2, 0) is 11.3 Å². The molecule has 0 radical (unpaired) electrons. The summed E-state index contributed by atoms with van der Waals surface area (Å²) >= 11 is 1.48. The number of carbonyl (C=O) groups excluding carboxylic acids is 2. The van der Waals surface area contributed by atoms with Gasteiger partial charge in [-0.2, -0.15) is 4.98 Å². The molecule has 3 aromatic heterocycles. The average Bonchev–Trinajstić information content (AvgIpc) is 3.49. The Morgan fingerprint density at radius 1 is 1.21 bits per heavy atom. The van der Waals surface area contributed by atoms with Crippen LogP contribution < -0.4 is 5.32 Å². The molecule has 0 spiro atoms. The fourth-order valence-corrected chi connectivity index (χ4v) is 3.15. The van der Waals surface area contributed by atoms with Gasteiger partial charge in [-0.05, 0) is 48.2 Å². The highest BCUT2D eigenvalue weighted by atomic mass is 32.1. The molecule has 0 fully saturated rings. The Morgan fingerprint density at radius 3 is 2.86 bits per heavy atom. The number of aryl methyl sites for hydroxylation is 1. The Labute approximate surface area is 169 Å². The number of hydrogen-bond donors (Lipinski definition) is 1. The first-order valence-corrected chi connectivity index (χ1v) is 9.47. The maximum Gasteiger partial charge on any atom is 0.338 e. The van der Waals surface area contributed by atoms with Crippen molar-refractivity contribution in [2.45, 2.75) is 13.5 Å². The summed E-state index contributed by atoms with van der Waals surface area (Å²) in [6.45, 7) is 1.66. The minimum Gasteiger partial charge on any atom is -0.459 e. The molecule has 0 aliphatic rings. The molecular weight excluding hydrogens is 394 g/mol. The second-order valence-electron chi connectivity index (χ2n) is 6.03. The Hall–Kier alpha value is -3.72. The van der Waals surface area contributed by atoms with Crippen LogP contribution in [0.15, 0.2) is 63.0 Å². The van der Waals surface area contributed by atoms with Gasteiger partial charge in [0, 0.05) is 5.69 Å². The van der Waals surface area contributed by atoms with Crippen molar-refractivity contribution < 1.29 is 23.3 Å². The van der Waals surface area contributed by atoms with Crippen LogP contribution in [0.5, 0.6) is 0 Å². The van der Waals surface area contributed by atoms with Crippen LogP contribution in [-0.4, -0.2) is 22.0 Å². The van der Waals surface area contributed by atoms with Crippen molar-refractivity contribution >= 4 is 28.9 Å². The maximum atomic E-state index is 12.4. The van der Waals surface area contributed by atoms with E-state index in [4.69, 9.17) is 13.7 Å². The van der Waals surface area contributed by atoms with E-state index >= 15 is 0 Å². The summed E-state index contributed by atoms with van der Waals surface area (Å²) in [6, 6.07) is 11.8. The van der Waals surface area contributed by atoms with E-state index in [2.05, 4.69) is 15.5 Å². The first-order chi connectivity index (χ1) is 14.1. The molecule has 1 aromatic carbocycles. The molecule has 0 aliphatic carbocycles. The number of furan rings is 1. The molecule has 0 aliphatic heterocycles. The van der Waals surface area contributed by atoms with Gasteiger partial charge in [0.2, 0.25) is 5.82 Å². The molecule has 1 N–H and O–H groups in total. The number of benzene rings is 1. The van der Waals surface area contributed by atoms with E-state index in [1.165, 1.54) is 17.6 Å². The normalized spacial score (nSPS) is 10.7. The number of nitrogens with one attached hydrogen (secondary N) is 1. The summed E-state index contributed by atoms with van der Waals surface area (Å²) in [5, 5.41) is 8.50. The summed E-state index contributed by atoms with van der Waals surface area (Å²) in [6.07, 6.45) is 1.41. The zero-order valence-electron chi connectivity index (χ0n) is 15.2. The molecule has 0 saturated heterocycles. The van der Waals surface area contributed by atoms with Gasteiger partial charge in [-0.25, -0.2) is 4.79 Å². The average molecular weight is 409 g/mol. The third kappa shape index (κ3) is 4.25. The van der Waals surface area contributed by atoms with Crippen molar-refractivity contribution in [1.82, 2.24) is 10.1 Å². The summed E-state index contributed by atoms with van der Waals surface area (Å²) in [5.74, 6) is -0.162. The second-order valence-corrected chi connectivity index (χ2v) is 6.97. The van der Waals surface area contributed by atoms with E-state index in [0.717, 1.165) is 10.4 Å². The molecule has 1 amide bonds. The number of rotatable bonds is 6. The number of esters is 1. The highest BCUT2D eigenvalue weighted by Gasteiger charge is 2.16. The van der Waals surface area contributed by atoms with Crippen molar-refractivity contribution in [3.05, 3.63) is 76.9 Å². The summed E-state index contributed by atoms with van der Waals surface area (Å²) in [7, 11) is 0. The van der Waals surface area contributed by atoms with Gasteiger partial charge in [-0.3, -0.25) is 4.79 Å². The molecule has 8 nitrogen and oxygen atoms in total. The third-order valence-corrected chi connectivity index (χ3v) is 4.87. The lowest BCUT2D eigenvalue weighted by molar-refractivity contribution is 0.0429. The quantitative estimate of drug-likeness (QED) is 0.473. The number of amides is 1. The Kier molecular flexibility index (Phi) is 5.21. The summed E-state index contributed by atoms with van der Waals surface area (Å²) < 4.78 is 15.4. The van der Waals surface area contributed by atoms with E-state index < -0.39 is 11.9 Å². The van der Waals surface area contributed by atoms with E-state index in [9.17, 15) is 9.59 Å². The van der Waals surface area contributed by atoms with Gasteiger partial charge in [0.05, 0.1) is 16.7 Å². The number of carbonyl (C=O) groups is 2. The van der Waals surface area contributed by atoms with Crippen molar-refractivity contribution in [1.29, 1.82) is 0 Å². The molecular formula is C20H15N3O5S. The fraction of sp³-hybridized carbons (Fsp3) is 0.100. The molecule has 0 atom stereocenters. The Balaban J connectivity index is 1.41. The Bertz CT molecular complexity index is 1130. The minimum atomic E-state index is -0.575. The van der Waals surface area contributed by atoms with Crippen LogP contribution in [0, 0.1) is 6.92 Å². The summed E-state index contributed by atoms with van der Waals surface area (Å²) in [5.41, 5.74) is 1.56. The SMILES string of the molecule is Cc1ccc(C(=O)OCc2nc(-c3cccs3)no2)cc1NC(=O)c1ccco1. The van der Waals surface area contributed by atoms with E-state index in [1.807, 2.05) is 24.4 Å². The van der Waals surface area contributed by atoms with E-state index in [-0.39, 0.29) is 23.8 Å². The lowest BCUT2D eigenvalue weighted by Gasteiger charge is -2.09. The lowest BCUT2D eigenvalue weighted by atomic mass is 10.1. The molecule has 4 aromatic rings. The van der Waals surface area contributed by atoms with Gasteiger partial charge in [0.25, 0.3) is 11.8 Å². The molecule has 4 rings (SSSR count). The van der Waals surface area contributed by atoms with Crippen LogP contribution in [0.3, 0.4) is 0 Å². The standard InChI is InChI=1S/C20H15N3O5S/c1-12-6-7-13(10-14(12)21-19(24)15-4-2-8-26-15)20(25)27-11-17-22-18(23-28-17)16-5-3-9-29-16/h2-10H,11H2,1H3,(H,21,24). The number of thiophene rings is 1. The lowest BCUT2D eigenvalue weighted by Crippen LogP contribution is -2.13. The first kappa shape index (κ1) is 18.6. The smallest absolute Gasteiger partial charge is 0.338 e. The molecule has 3 heterocycles. The predicted molar refractivity (Wildman–Crippen MR) is 105 cm³/mol. The monoisotopic (exact) mass is 409 g/mol. The van der Waals surface area contributed by atoms with Crippen LogP contribution in [0.4, 0.5) is 5.69 Å². The number of hydrogen-bond acceptors (Lipinski definition) is 8. The van der Waals surface area contributed by atoms with Crippen molar-refractivity contribution in [2.24, 2.45) is 0 Å². The molecule has 0 saturated carbocycles. The molecule has 9 heteroatoms. The topological polar surface area (TPSA) is 107 Å². The van der Waals surface area contributed by atoms with Gasteiger partial charge in [0.15, 0.2) is 12.4 Å². The molecule has 0 unspecified atom stereocenters. The van der Waals surface area contributed by atoms with Gasteiger partial charge >= 0.3 is 5.97 Å². The van der Waals surface area contributed by atoms with Crippen LogP contribution >= 0.6 is 11.3 Å². The van der Waals surface area contributed by atoms with Crippen LogP contribution in [0.25, 0.3) is 10.7 Å². The fourth-order valence-electron chi connectivity index (χ4n) is 2.51. The predicted octanol–water partition coefficient (Wildman–Crippen LogP) is 4.31. The van der Waals surface area contributed by atoms with Gasteiger partial charge in [0.1, 0.15) is 0 Å². The number of anilines is 1. The van der Waals surface area contributed by atoms with Crippen molar-refractivity contribution in [2.75, 3.05) is 5.32 Å². The largest absolute Gasteiger partial charge is 0.459 e. The molecule has 29 heavy (non-hydrogen) atoms. The maximum absolute atomic E-state index is 12.4. The third-order valence-electron chi connectivity index (χ3n) is 4.00. The zero-order chi connectivity index (χ0) is 20.2. The van der Waals surface area contributed by atoms with Gasteiger partial charge in [-0.15, -0.1) is 11.3 Å². The zero-order valence-corrected chi connectivity index (χ0v) is 16.1. The van der Waals surface area contributed by atoms with Crippen molar-refractivity contribution in [3.63, 3.8) is 0 Å². The molecule has 0 bridgehead atoms. The summed E-state index contributed by atoms with van der Waals surface area (Å²) in [4.78, 5) is 29.6. The number of nitrogens with zero attached hydrogens (tertiary/aromatic N) is 2.